The molecule has 2 heterocycles. The maximum Gasteiger partial charge on any atom is 0.227 e. The smallest absolute Gasteiger partial charge is 0.227 e. The third kappa shape index (κ3) is 3.79. The van der Waals surface area contributed by atoms with Crippen molar-refractivity contribution in [3.05, 3.63) is 48.2 Å². The summed E-state index contributed by atoms with van der Waals surface area (Å²) in [4.78, 5) is 10.8. The Morgan fingerprint density at radius 3 is 2.52 bits per heavy atom. The van der Waals surface area contributed by atoms with E-state index in [-0.39, 0.29) is 12.0 Å². The molecule has 0 radical (unpaired) electrons. The minimum atomic E-state index is 0.00661. The summed E-state index contributed by atoms with van der Waals surface area (Å²) in [6.45, 7) is 1.96. The lowest BCUT2D eigenvalue weighted by Gasteiger charge is -2.41. The van der Waals surface area contributed by atoms with Gasteiger partial charge in [-0.05, 0) is 42.7 Å². The molecular weight excluding hydrogens is 288 g/mol. The molecule has 5 nitrogen and oxygen atoms in total. The fourth-order valence-electron chi connectivity index (χ4n) is 3.24. The number of rotatable bonds is 5. The summed E-state index contributed by atoms with van der Waals surface area (Å²) in [7, 11) is 0. The molecule has 0 unspecified atom stereocenters. The van der Waals surface area contributed by atoms with Crippen molar-refractivity contribution in [2.45, 2.75) is 25.7 Å². The van der Waals surface area contributed by atoms with Crippen LogP contribution in [-0.4, -0.2) is 34.8 Å². The van der Waals surface area contributed by atoms with Gasteiger partial charge in [0.05, 0.1) is 0 Å². The minimum Gasteiger partial charge on any atom is -0.396 e. The van der Waals surface area contributed by atoms with Crippen molar-refractivity contribution in [2.75, 3.05) is 30.3 Å². The highest BCUT2D eigenvalue weighted by Crippen LogP contribution is 2.36. The topological polar surface area (TPSA) is 75.3 Å². The van der Waals surface area contributed by atoms with Gasteiger partial charge in [-0.25, -0.2) is 4.98 Å². The van der Waals surface area contributed by atoms with Gasteiger partial charge in [0.15, 0.2) is 0 Å². The Morgan fingerprint density at radius 2 is 1.87 bits per heavy atom. The van der Waals surface area contributed by atoms with E-state index in [1.54, 1.807) is 12.3 Å². The lowest BCUT2D eigenvalue weighted by molar-refractivity contribution is 0.0871. The SMILES string of the molecule is Nc1ccnc(N2CCC(CO)(CCc3ccccc3)CC2)n1. The monoisotopic (exact) mass is 312 g/mol. The standard InChI is InChI=1S/C18H24N4O/c19-16-7-11-20-17(21-16)22-12-9-18(14-23,10-13-22)8-6-15-4-2-1-3-5-15/h1-5,7,11,23H,6,8-10,12-14H2,(H2,19,20,21). The molecule has 5 heteroatoms. The predicted molar refractivity (Wildman–Crippen MR) is 92.2 cm³/mol. The van der Waals surface area contributed by atoms with E-state index in [2.05, 4.69) is 39.1 Å². The van der Waals surface area contributed by atoms with E-state index in [4.69, 9.17) is 5.73 Å². The maximum atomic E-state index is 9.95. The molecule has 23 heavy (non-hydrogen) atoms. The van der Waals surface area contributed by atoms with Crippen LogP contribution in [0.15, 0.2) is 42.6 Å². The molecular formula is C18H24N4O. The van der Waals surface area contributed by atoms with Crippen LogP contribution in [0.5, 0.6) is 0 Å². The first-order chi connectivity index (χ1) is 11.2. The van der Waals surface area contributed by atoms with Crippen molar-refractivity contribution in [2.24, 2.45) is 5.41 Å². The first-order valence-corrected chi connectivity index (χ1v) is 8.19. The number of aromatic nitrogens is 2. The number of aryl methyl sites for hydroxylation is 1. The summed E-state index contributed by atoms with van der Waals surface area (Å²) < 4.78 is 0. The Labute approximate surface area is 137 Å². The fraction of sp³-hybridized carbons (Fsp3) is 0.444. The predicted octanol–water partition coefficient (Wildman–Crippen LogP) is 2.27. The van der Waals surface area contributed by atoms with Gasteiger partial charge in [0, 0.05) is 25.9 Å². The Morgan fingerprint density at radius 1 is 1.13 bits per heavy atom. The van der Waals surface area contributed by atoms with E-state index in [0.717, 1.165) is 38.8 Å². The van der Waals surface area contributed by atoms with Gasteiger partial charge in [-0.1, -0.05) is 30.3 Å². The first kappa shape index (κ1) is 15.7. The lowest BCUT2D eigenvalue weighted by atomic mass is 9.75. The van der Waals surface area contributed by atoms with Gasteiger partial charge in [-0.15, -0.1) is 0 Å². The second-order valence-electron chi connectivity index (χ2n) is 6.41. The number of nitrogen functional groups attached to an aromatic ring is 1. The summed E-state index contributed by atoms with van der Waals surface area (Å²) in [6.07, 6.45) is 5.62. The van der Waals surface area contributed by atoms with E-state index < -0.39 is 0 Å². The molecule has 1 aromatic carbocycles. The fourth-order valence-corrected chi connectivity index (χ4v) is 3.24. The molecule has 2 aromatic rings. The molecule has 1 aliphatic heterocycles. The minimum absolute atomic E-state index is 0.00661. The number of benzene rings is 1. The van der Waals surface area contributed by atoms with Crippen LogP contribution in [-0.2, 0) is 6.42 Å². The van der Waals surface area contributed by atoms with Crippen molar-refractivity contribution in [1.29, 1.82) is 0 Å². The zero-order valence-electron chi connectivity index (χ0n) is 13.4. The van der Waals surface area contributed by atoms with E-state index in [1.807, 2.05) is 6.07 Å². The van der Waals surface area contributed by atoms with Crippen LogP contribution in [0.3, 0.4) is 0 Å². The average Bonchev–Trinajstić information content (AvgIpc) is 2.61. The highest BCUT2D eigenvalue weighted by Gasteiger charge is 2.34. The van der Waals surface area contributed by atoms with Gasteiger partial charge in [0.1, 0.15) is 5.82 Å². The van der Waals surface area contributed by atoms with Gasteiger partial charge in [-0.3, -0.25) is 0 Å². The van der Waals surface area contributed by atoms with Crippen LogP contribution in [0.25, 0.3) is 0 Å². The van der Waals surface area contributed by atoms with Gasteiger partial charge in [0.25, 0.3) is 0 Å². The van der Waals surface area contributed by atoms with Crippen molar-refractivity contribution >= 4 is 11.8 Å². The van der Waals surface area contributed by atoms with Crippen molar-refractivity contribution < 1.29 is 5.11 Å². The number of nitrogens with zero attached hydrogens (tertiary/aromatic N) is 3. The summed E-state index contributed by atoms with van der Waals surface area (Å²) in [6, 6.07) is 12.2. The zero-order chi connectivity index (χ0) is 16.1. The van der Waals surface area contributed by atoms with E-state index >= 15 is 0 Å². The molecule has 3 N–H and O–H groups in total. The number of anilines is 2. The van der Waals surface area contributed by atoms with Crippen molar-refractivity contribution in [3.63, 3.8) is 0 Å². The average molecular weight is 312 g/mol. The van der Waals surface area contributed by atoms with E-state index in [9.17, 15) is 5.11 Å². The lowest BCUT2D eigenvalue weighted by Crippen LogP contribution is -2.43. The number of aliphatic hydroxyl groups excluding tert-OH is 1. The first-order valence-electron chi connectivity index (χ1n) is 8.19. The van der Waals surface area contributed by atoms with Crippen LogP contribution in [0.2, 0.25) is 0 Å². The molecule has 1 saturated heterocycles. The number of piperidine rings is 1. The maximum absolute atomic E-state index is 9.95. The summed E-state index contributed by atoms with van der Waals surface area (Å²) >= 11 is 0. The summed E-state index contributed by atoms with van der Waals surface area (Å²) in [5.41, 5.74) is 7.08. The number of hydrogen-bond acceptors (Lipinski definition) is 5. The normalized spacial score (nSPS) is 17.2. The summed E-state index contributed by atoms with van der Waals surface area (Å²) in [5.74, 6) is 1.19. The largest absolute Gasteiger partial charge is 0.396 e. The van der Waals surface area contributed by atoms with Crippen molar-refractivity contribution in [1.82, 2.24) is 9.97 Å². The van der Waals surface area contributed by atoms with Crippen LogP contribution < -0.4 is 10.6 Å². The molecule has 0 bridgehead atoms. The highest BCUT2D eigenvalue weighted by atomic mass is 16.3. The number of hydrogen-bond donors (Lipinski definition) is 2. The Bertz CT molecular complexity index is 624. The second-order valence-corrected chi connectivity index (χ2v) is 6.41. The molecule has 0 aliphatic carbocycles. The zero-order valence-corrected chi connectivity index (χ0v) is 13.4. The van der Waals surface area contributed by atoms with Crippen molar-refractivity contribution in [3.8, 4) is 0 Å². The van der Waals surface area contributed by atoms with E-state index in [0.29, 0.717) is 11.8 Å². The van der Waals surface area contributed by atoms with Crippen LogP contribution >= 0.6 is 0 Å². The van der Waals surface area contributed by atoms with Gasteiger partial charge < -0.3 is 15.7 Å². The van der Waals surface area contributed by atoms with E-state index in [1.165, 1.54) is 5.56 Å². The summed E-state index contributed by atoms with van der Waals surface area (Å²) in [5, 5.41) is 9.95. The Hall–Kier alpha value is -2.14. The van der Waals surface area contributed by atoms with Gasteiger partial charge >= 0.3 is 0 Å². The van der Waals surface area contributed by atoms with Crippen LogP contribution in [0.1, 0.15) is 24.8 Å². The molecule has 0 saturated carbocycles. The molecule has 3 rings (SSSR count). The molecule has 1 fully saturated rings. The quantitative estimate of drug-likeness (QED) is 0.886. The molecule has 122 valence electrons. The molecule has 1 aliphatic rings. The molecule has 1 aromatic heterocycles. The van der Waals surface area contributed by atoms with Gasteiger partial charge in [-0.2, -0.15) is 4.98 Å². The highest BCUT2D eigenvalue weighted by molar-refractivity contribution is 5.38. The Kier molecular flexibility index (Phi) is 4.76. The molecule has 0 amide bonds. The van der Waals surface area contributed by atoms with Gasteiger partial charge in [0.2, 0.25) is 5.95 Å². The number of nitrogens with two attached hydrogens (primary N) is 1. The number of aliphatic hydroxyl groups is 1. The molecule has 0 spiro atoms. The van der Waals surface area contributed by atoms with Crippen LogP contribution in [0.4, 0.5) is 11.8 Å². The second kappa shape index (κ2) is 6.96. The molecule has 0 atom stereocenters. The third-order valence-corrected chi connectivity index (χ3v) is 4.89. The van der Waals surface area contributed by atoms with Crippen LogP contribution in [0, 0.1) is 5.41 Å². The third-order valence-electron chi connectivity index (χ3n) is 4.89. The Balaban J connectivity index is 1.60.